The van der Waals surface area contributed by atoms with Gasteiger partial charge >= 0.3 is 0 Å². The minimum atomic E-state index is 0.566. The van der Waals surface area contributed by atoms with Crippen LogP contribution in [0.4, 0.5) is 0 Å². The first-order chi connectivity index (χ1) is 11.8. The molecule has 0 saturated heterocycles. The molecule has 0 bridgehead atoms. The summed E-state index contributed by atoms with van der Waals surface area (Å²) in [5.41, 5.74) is 2.44. The molecule has 0 aliphatic heterocycles. The van der Waals surface area contributed by atoms with Gasteiger partial charge in [0.25, 0.3) is 0 Å². The number of benzene rings is 2. The third-order valence-corrected chi connectivity index (χ3v) is 4.94. The number of halogens is 1. The largest absolute Gasteiger partial charge is 0.489 e. The number of hydrogen-bond acceptors (Lipinski definition) is 2. The number of rotatable bonds is 6. The molecule has 0 radical (unpaired) electrons. The Morgan fingerprint density at radius 1 is 0.833 bits per heavy atom. The van der Waals surface area contributed by atoms with Gasteiger partial charge in [-0.3, -0.25) is 0 Å². The summed E-state index contributed by atoms with van der Waals surface area (Å²) in [4.78, 5) is 0. The van der Waals surface area contributed by atoms with E-state index in [1.54, 1.807) is 0 Å². The van der Waals surface area contributed by atoms with Gasteiger partial charge in [-0.15, -0.1) is 0 Å². The van der Waals surface area contributed by atoms with Gasteiger partial charge in [0.15, 0.2) is 0 Å². The summed E-state index contributed by atoms with van der Waals surface area (Å²) in [6.07, 6.45) is 8.19. The van der Waals surface area contributed by atoms with E-state index in [4.69, 9.17) is 16.3 Å². The van der Waals surface area contributed by atoms with Gasteiger partial charge in [-0.2, -0.15) is 0 Å². The van der Waals surface area contributed by atoms with Crippen molar-refractivity contribution in [2.45, 2.75) is 57.7 Å². The highest BCUT2D eigenvalue weighted by Gasteiger charge is 2.11. The molecule has 0 atom stereocenters. The molecule has 0 aromatic heterocycles. The zero-order valence-corrected chi connectivity index (χ0v) is 14.9. The third-order valence-electron chi connectivity index (χ3n) is 4.69. The van der Waals surface area contributed by atoms with E-state index in [9.17, 15) is 0 Å². The van der Waals surface area contributed by atoms with Crippen LogP contribution >= 0.6 is 11.6 Å². The maximum atomic E-state index is 5.89. The molecular weight excluding hydrogens is 318 g/mol. The summed E-state index contributed by atoms with van der Waals surface area (Å²) in [5, 5.41) is 4.46. The van der Waals surface area contributed by atoms with Crippen LogP contribution in [-0.2, 0) is 13.2 Å². The van der Waals surface area contributed by atoms with E-state index in [1.165, 1.54) is 44.1 Å². The maximum absolute atomic E-state index is 5.89. The Bertz CT molecular complexity index is 601. The van der Waals surface area contributed by atoms with Gasteiger partial charge < -0.3 is 10.1 Å². The predicted octanol–water partition coefficient (Wildman–Crippen LogP) is 5.73. The van der Waals surface area contributed by atoms with E-state index in [0.717, 1.165) is 22.9 Å². The maximum Gasteiger partial charge on any atom is 0.119 e. The molecule has 1 saturated carbocycles. The van der Waals surface area contributed by atoms with Crippen molar-refractivity contribution in [2.24, 2.45) is 0 Å². The normalized spacial score (nSPS) is 15.9. The quantitative estimate of drug-likeness (QED) is 0.676. The van der Waals surface area contributed by atoms with Crippen molar-refractivity contribution in [2.75, 3.05) is 0 Å². The summed E-state index contributed by atoms with van der Waals surface area (Å²) >= 11 is 5.89. The van der Waals surface area contributed by atoms with Crippen LogP contribution in [0.25, 0.3) is 0 Å². The fourth-order valence-corrected chi connectivity index (χ4v) is 3.32. The Balaban J connectivity index is 1.45. The van der Waals surface area contributed by atoms with Crippen LogP contribution in [0.5, 0.6) is 5.75 Å². The van der Waals surface area contributed by atoms with E-state index in [-0.39, 0.29) is 0 Å². The van der Waals surface area contributed by atoms with E-state index >= 15 is 0 Å². The summed E-state index contributed by atoms with van der Waals surface area (Å²) in [7, 11) is 0. The van der Waals surface area contributed by atoms with Gasteiger partial charge in [0.05, 0.1) is 0 Å². The van der Waals surface area contributed by atoms with Crippen LogP contribution in [0.1, 0.15) is 49.7 Å². The lowest BCUT2D eigenvalue weighted by atomic mass is 10.1. The molecule has 3 rings (SSSR count). The van der Waals surface area contributed by atoms with Crippen molar-refractivity contribution >= 4 is 11.6 Å². The first-order valence-corrected chi connectivity index (χ1v) is 9.37. The second-order valence-electron chi connectivity index (χ2n) is 6.63. The van der Waals surface area contributed by atoms with Crippen molar-refractivity contribution < 1.29 is 4.74 Å². The highest BCUT2D eigenvalue weighted by molar-refractivity contribution is 6.30. The summed E-state index contributed by atoms with van der Waals surface area (Å²) in [6, 6.07) is 16.9. The molecule has 0 amide bonds. The minimum Gasteiger partial charge on any atom is -0.489 e. The van der Waals surface area contributed by atoms with Crippen molar-refractivity contribution in [3.05, 3.63) is 64.7 Å². The molecule has 1 N–H and O–H groups in total. The lowest BCUT2D eigenvalue weighted by Crippen LogP contribution is -2.27. The van der Waals surface area contributed by atoms with Crippen LogP contribution in [-0.4, -0.2) is 6.04 Å². The lowest BCUT2D eigenvalue weighted by molar-refractivity contribution is 0.306. The Kier molecular flexibility index (Phi) is 6.57. The number of hydrogen-bond donors (Lipinski definition) is 1. The Morgan fingerprint density at radius 3 is 2.12 bits per heavy atom. The monoisotopic (exact) mass is 343 g/mol. The molecule has 2 aromatic carbocycles. The molecule has 1 fully saturated rings. The molecule has 0 heterocycles. The second kappa shape index (κ2) is 9.10. The summed E-state index contributed by atoms with van der Waals surface area (Å²) in [5.74, 6) is 0.906. The Morgan fingerprint density at radius 2 is 1.46 bits per heavy atom. The summed E-state index contributed by atoms with van der Waals surface area (Å²) in [6.45, 7) is 1.51. The molecule has 1 aliphatic rings. The average Bonchev–Trinajstić information content (AvgIpc) is 2.89. The second-order valence-corrected chi connectivity index (χ2v) is 7.06. The highest BCUT2D eigenvalue weighted by Crippen LogP contribution is 2.19. The fourth-order valence-electron chi connectivity index (χ4n) is 3.20. The molecule has 1 aliphatic carbocycles. The van der Waals surface area contributed by atoms with Crippen LogP contribution in [0.15, 0.2) is 48.5 Å². The van der Waals surface area contributed by atoms with Crippen LogP contribution in [0.2, 0.25) is 5.02 Å². The van der Waals surface area contributed by atoms with Crippen molar-refractivity contribution in [3.8, 4) is 5.75 Å². The van der Waals surface area contributed by atoms with Gasteiger partial charge in [0.1, 0.15) is 12.4 Å². The molecule has 2 aromatic rings. The van der Waals surface area contributed by atoms with Crippen molar-refractivity contribution in [3.63, 3.8) is 0 Å². The zero-order chi connectivity index (χ0) is 16.6. The number of nitrogens with one attached hydrogen (secondary N) is 1. The standard InChI is InChI=1S/C21H26ClNO/c22-19-11-7-18(8-12-19)16-24-21-13-9-17(10-14-21)15-23-20-5-3-1-2-4-6-20/h7-14,20,23H,1-6,15-16H2. The lowest BCUT2D eigenvalue weighted by Gasteiger charge is -2.16. The molecule has 24 heavy (non-hydrogen) atoms. The summed E-state index contributed by atoms with van der Waals surface area (Å²) < 4.78 is 5.83. The average molecular weight is 344 g/mol. The topological polar surface area (TPSA) is 21.3 Å². The van der Waals surface area contributed by atoms with E-state index in [0.29, 0.717) is 12.6 Å². The van der Waals surface area contributed by atoms with Crippen LogP contribution in [0.3, 0.4) is 0 Å². The highest BCUT2D eigenvalue weighted by atomic mass is 35.5. The molecule has 0 spiro atoms. The predicted molar refractivity (Wildman–Crippen MR) is 101 cm³/mol. The van der Waals surface area contributed by atoms with Crippen molar-refractivity contribution in [1.82, 2.24) is 5.32 Å². The molecule has 128 valence electrons. The molecule has 0 unspecified atom stereocenters. The van der Waals surface area contributed by atoms with Gasteiger partial charge in [0, 0.05) is 17.6 Å². The smallest absolute Gasteiger partial charge is 0.119 e. The van der Waals surface area contributed by atoms with Gasteiger partial charge in [-0.1, -0.05) is 61.5 Å². The zero-order valence-electron chi connectivity index (χ0n) is 14.1. The Labute approximate surface area is 150 Å². The number of ether oxygens (including phenoxy) is 1. The first kappa shape index (κ1) is 17.3. The SMILES string of the molecule is Clc1ccc(COc2ccc(CNC3CCCCCC3)cc2)cc1. The first-order valence-electron chi connectivity index (χ1n) is 8.99. The molecule has 2 nitrogen and oxygen atoms in total. The minimum absolute atomic E-state index is 0.566. The fraction of sp³-hybridized carbons (Fsp3) is 0.429. The van der Waals surface area contributed by atoms with Gasteiger partial charge in [-0.05, 0) is 48.2 Å². The van der Waals surface area contributed by atoms with Crippen molar-refractivity contribution in [1.29, 1.82) is 0 Å². The van der Waals surface area contributed by atoms with E-state index < -0.39 is 0 Å². The van der Waals surface area contributed by atoms with E-state index in [1.807, 2.05) is 24.3 Å². The van der Waals surface area contributed by atoms with Gasteiger partial charge in [0.2, 0.25) is 0 Å². The van der Waals surface area contributed by atoms with Crippen LogP contribution in [0, 0.1) is 0 Å². The van der Waals surface area contributed by atoms with Crippen LogP contribution < -0.4 is 10.1 Å². The molecule has 3 heteroatoms. The molecular formula is C21H26ClNO. The van der Waals surface area contributed by atoms with Gasteiger partial charge in [-0.25, -0.2) is 0 Å². The van der Waals surface area contributed by atoms with E-state index in [2.05, 4.69) is 29.6 Å². The Hall–Kier alpha value is -1.51. The third kappa shape index (κ3) is 5.54.